The fraction of sp³-hybridized carbons (Fsp3) is 0.600. The molecular weight excluding hydrogens is 314 g/mol. The summed E-state index contributed by atoms with van der Waals surface area (Å²) in [5, 5.41) is 3.10. The minimum Gasteiger partial charge on any atom is -0.378 e. The van der Waals surface area contributed by atoms with Gasteiger partial charge in [0.15, 0.2) is 0 Å². The summed E-state index contributed by atoms with van der Waals surface area (Å²) in [6, 6.07) is 7.74. The third-order valence-corrected chi connectivity index (χ3v) is 4.51. The van der Waals surface area contributed by atoms with Crippen molar-refractivity contribution in [1.29, 1.82) is 0 Å². The summed E-state index contributed by atoms with van der Waals surface area (Å²) in [5.41, 5.74) is 1.76. The Balaban J connectivity index is 1.83. The molecule has 0 bridgehead atoms. The Morgan fingerprint density at radius 1 is 1.12 bits per heavy atom. The zero-order chi connectivity index (χ0) is 18.6. The second-order valence-electron chi connectivity index (χ2n) is 8.31. The minimum absolute atomic E-state index is 0.0148. The molecule has 1 fully saturated rings. The number of anilines is 1. The van der Waals surface area contributed by atoms with Crippen LogP contribution >= 0.6 is 0 Å². The second-order valence-corrected chi connectivity index (χ2v) is 8.31. The van der Waals surface area contributed by atoms with Crippen molar-refractivity contribution < 1.29 is 9.59 Å². The first-order chi connectivity index (χ1) is 11.7. The van der Waals surface area contributed by atoms with Crippen LogP contribution in [0.4, 0.5) is 5.69 Å². The lowest BCUT2D eigenvalue weighted by Gasteiger charge is -2.34. The Kier molecular flexibility index (Phi) is 6.09. The highest BCUT2D eigenvalue weighted by Crippen LogP contribution is 2.22. The van der Waals surface area contributed by atoms with Gasteiger partial charge in [-0.25, -0.2) is 0 Å². The lowest BCUT2D eigenvalue weighted by molar-refractivity contribution is -0.134. The van der Waals surface area contributed by atoms with E-state index in [1.54, 1.807) is 0 Å². The van der Waals surface area contributed by atoms with Crippen LogP contribution < -0.4 is 10.2 Å². The first-order valence-corrected chi connectivity index (χ1v) is 9.02. The Hall–Kier alpha value is -2.04. The van der Waals surface area contributed by atoms with Gasteiger partial charge in [0.2, 0.25) is 5.91 Å². The standard InChI is InChI=1S/C20H31N3O2/c1-20(2,3)14-18(24)23-12-10-16(11-13-23)21-19(25)15-6-8-17(9-7-15)22(4)5/h6-9,16H,10-14H2,1-5H3,(H,21,25). The van der Waals surface area contributed by atoms with Crippen LogP contribution in [0.15, 0.2) is 24.3 Å². The van der Waals surface area contributed by atoms with Crippen molar-refractivity contribution in [3.63, 3.8) is 0 Å². The van der Waals surface area contributed by atoms with Crippen LogP contribution in [-0.2, 0) is 4.79 Å². The van der Waals surface area contributed by atoms with Crippen molar-refractivity contribution in [2.24, 2.45) is 5.41 Å². The molecule has 1 heterocycles. The Bertz CT molecular complexity index is 594. The molecule has 2 rings (SSSR count). The van der Waals surface area contributed by atoms with E-state index >= 15 is 0 Å². The molecule has 0 atom stereocenters. The quantitative estimate of drug-likeness (QED) is 0.913. The summed E-state index contributed by atoms with van der Waals surface area (Å²) in [6.07, 6.45) is 2.21. The average Bonchev–Trinajstić information content (AvgIpc) is 2.54. The van der Waals surface area contributed by atoms with E-state index in [2.05, 4.69) is 26.1 Å². The number of benzene rings is 1. The highest BCUT2D eigenvalue weighted by atomic mass is 16.2. The number of carbonyl (C=O) groups is 2. The summed E-state index contributed by atoms with van der Waals surface area (Å²) in [5.74, 6) is 0.182. The molecule has 138 valence electrons. The van der Waals surface area contributed by atoms with E-state index in [0.717, 1.165) is 31.6 Å². The molecule has 0 unspecified atom stereocenters. The lowest BCUT2D eigenvalue weighted by Crippen LogP contribution is -2.47. The normalized spacial score (nSPS) is 15.8. The van der Waals surface area contributed by atoms with Crippen LogP contribution in [-0.4, -0.2) is 49.9 Å². The van der Waals surface area contributed by atoms with Gasteiger partial charge in [0, 0.05) is 50.9 Å². The predicted octanol–water partition coefficient (Wildman–Crippen LogP) is 2.91. The lowest BCUT2D eigenvalue weighted by atomic mass is 9.91. The van der Waals surface area contributed by atoms with Gasteiger partial charge in [-0.15, -0.1) is 0 Å². The number of carbonyl (C=O) groups excluding carboxylic acids is 2. The topological polar surface area (TPSA) is 52.7 Å². The first-order valence-electron chi connectivity index (χ1n) is 9.02. The molecule has 1 aromatic carbocycles. The maximum absolute atomic E-state index is 12.4. The van der Waals surface area contributed by atoms with Crippen LogP contribution in [0.3, 0.4) is 0 Å². The smallest absolute Gasteiger partial charge is 0.251 e. The van der Waals surface area contributed by atoms with E-state index in [1.165, 1.54) is 0 Å². The largest absolute Gasteiger partial charge is 0.378 e. The molecule has 0 saturated carbocycles. The Morgan fingerprint density at radius 3 is 2.16 bits per heavy atom. The first kappa shape index (κ1) is 19.3. The SMILES string of the molecule is CN(C)c1ccc(C(=O)NC2CCN(C(=O)CC(C)(C)C)CC2)cc1. The summed E-state index contributed by atoms with van der Waals surface area (Å²) >= 11 is 0. The van der Waals surface area contributed by atoms with Crippen LogP contribution in [0.5, 0.6) is 0 Å². The highest BCUT2D eigenvalue weighted by molar-refractivity contribution is 5.94. The van der Waals surface area contributed by atoms with Gasteiger partial charge in [0.25, 0.3) is 5.91 Å². The number of nitrogens with one attached hydrogen (secondary N) is 1. The van der Waals surface area contributed by atoms with Crippen molar-refractivity contribution in [3.05, 3.63) is 29.8 Å². The predicted molar refractivity (Wildman–Crippen MR) is 102 cm³/mol. The zero-order valence-electron chi connectivity index (χ0n) is 16.1. The number of rotatable bonds is 4. The molecule has 1 N–H and O–H groups in total. The number of piperidine rings is 1. The van der Waals surface area contributed by atoms with Crippen molar-refractivity contribution >= 4 is 17.5 Å². The number of likely N-dealkylation sites (tertiary alicyclic amines) is 1. The molecule has 1 aliphatic heterocycles. The van der Waals surface area contributed by atoms with Gasteiger partial charge in [-0.1, -0.05) is 20.8 Å². The molecule has 0 radical (unpaired) electrons. The third kappa shape index (κ3) is 5.76. The van der Waals surface area contributed by atoms with Gasteiger partial charge in [0.05, 0.1) is 0 Å². The molecule has 0 aliphatic carbocycles. The molecule has 5 heteroatoms. The van der Waals surface area contributed by atoms with Crippen molar-refractivity contribution in [2.75, 3.05) is 32.1 Å². The number of hydrogen-bond acceptors (Lipinski definition) is 3. The van der Waals surface area contributed by atoms with E-state index in [9.17, 15) is 9.59 Å². The van der Waals surface area contributed by atoms with Crippen molar-refractivity contribution in [3.8, 4) is 0 Å². The Morgan fingerprint density at radius 2 is 1.68 bits per heavy atom. The summed E-state index contributed by atoms with van der Waals surface area (Å²) in [7, 11) is 3.95. The molecular formula is C20H31N3O2. The summed E-state index contributed by atoms with van der Waals surface area (Å²) < 4.78 is 0. The number of amides is 2. The number of hydrogen-bond donors (Lipinski definition) is 1. The summed E-state index contributed by atoms with van der Waals surface area (Å²) in [4.78, 5) is 28.6. The molecule has 2 amide bonds. The molecule has 1 aliphatic rings. The van der Waals surface area contributed by atoms with Gasteiger partial charge in [-0.2, -0.15) is 0 Å². The van der Waals surface area contributed by atoms with E-state index in [1.807, 2.05) is 48.2 Å². The molecule has 0 aromatic heterocycles. The van der Waals surface area contributed by atoms with Crippen LogP contribution in [0.1, 0.15) is 50.4 Å². The highest BCUT2D eigenvalue weighted by Gasteiger charge is 2.26. The summed E-state index contributed by atoms with van der Waals surface area (Å²) in [6.45, 7) is 7.69. The van der Waals surface area contributed by atoms with E-state index in [4.69, 9.17) is 0 Å². The second kappa shape index (κ2) is 7.89. The molecule has 1 saturated heterocycles. The van der Waals surface area contributed by atoms with Gasteiger partial charge in [-0.05, 0) is 42.5 Å². The monoisotopic (exact) mass is 345 g/mol. The van der Waals surface area contributed by atoms with Crippen LogP contribution in [0.2, 0.25) is 0 Å². The fourth-order valence-electron chi connectivity index (χ4n) is 3.02. The Labute approximate surface area is 151 Å². The van der Waals surface area contributed by atoms with Crippen LogP contribution in [0.25, 0.3) is 0 Å². The van der Waals surface area contributed by atoms with Gasteiger partial charge >= 0.3 is 0 Å². The minimum atomic E-state index is -0.0372. The molecule has 1 aromatic rings. The molecule has 0 spiro atoms. The van der Waals surface area contributed by atoms with E-state index in [-0.39, 0.29) is 23.3 Å². The number of nitrogens with zero attached hydrogens (tertiary/aromatic N) is 2. The zero-order valence-corrected chi connectivity index (χ0v) is 16.1. The van der Waals surface area contributed by atoms with Crippen molar-refractivity contribution in [1.82, 2.24) is 10.2 Å². The fourth-order valence-corrected chi connectivity index (χ4v) is 3.02. The van der Waals surface area contributed by atoms with E-state index in [0.29, 0.717) is 12.0 Å². The van der Waals surface area contributed by atoms with Gasteiger partial charge in [-0.3, -0.25) is 9.59 Å². The molecule has 5 nitrogen and oxygen atoms in total. The van der Waals surface area contributed by atoms with Gasteiger partial charge in [0.1, 0.15) is 0 Å². The van der Waals surface area contributed by atoms with Gasteiger partial charge < -0.3 is 15.1 Å². The van der Waals surface area contributed by atoms with Crippen molar-refractivity contribution in [2.45, 2.75) is 46.1 Å². The molecule has 25 heavy (non-hydrogen) atoms. The van der Waals surface area contributed by atoms with E-state index < -0.39 is 0 Å². The maximum atomic E-state index is 12.4. The average molecular weight is 345 g/mol. The maximum Gasteiger partial charge on any atom is 0.251 e. The third-order valence-electron chi connectivity index (χ3n) is 4.51. The van der Waals surface area contributed by atoms with Crippen LogP contribution in [0, 0.1) is 5.41 Å².